The van der Waals surface area contributed by atoms with E-state index < -0.39 is 0 Å². The Labute approximate surface area is 204 Å². The van der Waals surface area contributed by atoms with Gasteiger partial charge in [-0.15, -0.1) is 11.3 Å². The first-order chi connectivity index (χ1) is 16.7. The van der Waals surface area contributed by atoms with Gasteiger partial charge in [-0.25, -0.2) is 9.97 Å². The minimum Gasteiger partial charge on any atom is -0.302 e. The molecule has 5 aromatic rings. The van der Waals surface area contributed by atoms with E-state index in [0.717, 1.165) is 16.1 Å². The maximum absolute atomic E-state index is 13.2. The Hall–Kier alpha value is -4.01. The number of ketones is 1. The van der Waals surface area contributed by atoms with Crippen molar-refractivity contribution in [2.75, 3.05) is 5.32 Å². The highest BCUT2D eigenvalue weighted by Gasteiger charge is 2.22. The predicted octanol–water partition coefficient (Wildman–Crippen LogP) is 5.74. The number of nitrogens with one attached hydrogen (secondary N) is 1. The third-order valence-electron chi connectivity index (χ3n) is 4.96. The molecule has 2 aromatic carbocycles. The normalized spacial score (nSPS) is 10.7. The summed E-state index contributed by atoms with van der Waals surface area (Å²) in [6, 6.07) is 22.4. The van der Waals surface area contributed by atoms with Crippen molar-refractivity contribution in [1.82, 2.24) is 15.0 Å². The van der Waals surface area contributed by atoms with Gasteiger partial charge in [0.05, 0.1) is 17.8 Å². The smallest absolute Gasteiger partial charge is 0.232 e. The number of hydrogen-bond donors (Lipinski definition) is 1. The Balaban J connectivity index is 1.38. The number of benzene rings is 2. The van der Waals surface area contributed by atoms with Crippen LogP contribution >= 0.6 is 22.7 Å². The largest absolute Gasteiger partial charge is 0.302 e. The molecule has 6 nitrogen and oxygen atoms in total. The number of nitrogens with zero attached hydrogens (tertiary/aromatic N) is 3. The van der Waals surface area contributed by atoms with Gasteiger partial charge in [0.2, 0.25) is 11.7 Å². The van der Waals surface area contributed by atoms with Crippen molar-refractivity contribution in [2.45, 2.75) is 6.42 Å². The van der Waals surface area contributed by atoms with Gasteiger partial charge in [-0.3, -0.25) is 14.6 Å². The second kappa shape index (κ2) is 9.86. The van der Waals surface area contributed by atoms with Crippen LogP contribution in [0.1, 0.15) is 20.9 Å². The van der Waals surface area contributed by atoms with E-state index in [1.807, 2.05) is 66.0 Å². The fraction of sp³-hybridized carbons (Fsp3) is 0.0385. The highest BCUT2D eigenvalue weighted by Crippen LogP contribution is 2.33. The average molecular weight is 483 g/mol. The van der Waals surface area contributed by atoms with Crippen LogP contribution in [0.25, 0.3) is 21.8 Å². The zero-order valence-electron chi connectivity index (χ0n) is 17.8. The number of pyridine rings is 1. The molecule has 0 saturated heterocycles. The molecule has 3 aromatic heterocycles. The van der Waals surface area contributed by atoms with E-state index in [4.69, 9.17) is 0 Å². The van der Waals surface area contributed by atoms with Crippen molar-refractivity contribution < 1.29 is 9.59 Å². The number of rotatable bonds is 7. The molecular formula is C26H18N4O2S2. The number of carbonyl (C=O) groups excluding carboxylic acids is 2. The topological polar surface area (TPSA) is 84.8 Å². The van der Waals surface area contributed by atoms with Crippen LogP contribution in [-0.2, 0) is 11.2 Å². The highest BCUT2D eigenvalue weighted by molar-refractivity contribution is 7.18. The molecule has 0 atom stereocenters. The number of aromatic nitrogens is 3. The van der Waals surface area contributed by atoms with E-state index in [2.05, 4.69) is 20.3 Å². The van der Waals surface area contributed by atoms with Gasteiger partial charge in [-0.2, -0.15) is 0 Å². The second-order valence-electron chi connectivity index (χ2n) is 7.37. The number of anilines is 1. The Bertz CT molecular complexity index is 1430. The van der Waals surface area contributed by atoms with Gasteiger partial charge in [-0.1, -0.05) is 72.0 Å². The van der Waals surface area contributed by atoms with Crippen LogP contribution in [0, 0.1) is 0 Å². The summed E-state index contributed by atoms with van der Waals surface area (Å²) in [5, 5.41) is 5.90. The molecule has 0 aliphatic heterocycles. The van der Waals surface area contributed by atoms with Gasteiger partial charge in [0.25, 0.3) is 0 Å². The number of thiazole rings is 2. The molecule has 3 heterocycles. The molecule has 0 unspecified atom stereocenters. The SMILES string of the molecule is O=C(Cc1csc(-c2cccnc2)n1)Nc1nc(-c2ccccc2)c(C(=O)c2ccccc2)s1. The summed E-state index contributed by atoms with van der Waals surface area (Å²) in [7, 11) is 0. The summed E-state index contributed by atoms with van der Waals surface area (Å²) < 4.78 is 0. The third-order valence-corrected chi connectivity index (χ3v) is 6.87. The first kappa shape index (κ1) is 21.8. The van der Waals surface area contributed by atoms with Crippen LogP contribution in [-0.4, -0.2) is 26.6 Å². The molecule has 0 fully saturated rings. The minimum absolute atomic E-state index is 0.110. The van der Waals surface area contributed by atoms with Gasteiger partial charge in [0.1, 0.15) is 9.88 Å². The molecule has 0 spiro atoms. The van der Waals surface area contributed by atoms with E-state index in [0.29, 0.717) is 27.0 Å². The molecule has 0 bridgehead atoms. The second-order valence-corrected chi connectivity index (χ2v) is 9.23. The quantitative estimate of drug-likeness (QED) is 0.299. The van der Waals surface area contributed by atoms with E-state index in [9.17, 15) is 9.59 Å². The highest BCUT2D eigenvalue weighted by atomic mass is 32.1. The summed E-state index contributed by atoms with van der Waals surface area (Å²) in [5.41, 5.74) is 3.53. The van der Waals surface area contributed by atoms with E-state index >= 15 is 0 Å². The molecule has 0 aliphatic rings. The molecule has 0 aliphatic carbocycles. The maximum atomic E-state index is 13.2. The van der Waals surface area contributed by atoms with Gasteiger partial charge >= 0.3 is 0 Å². The molecule has 1 N–H and O–H groups in total. The molecule has 5 rings (SSSR count). The van der Waals surface area contributed by atoms with Crippen LogP contribution in [0.5, 0.6) is 0 Å². The summed E-state index contributed by atoms with van der Waals surface area (Å²) in [4.78, 5) is 39.7. The maximum Gasteiger partial charge on any atom is 0.232 e. The van der Waals surface area contributed by atoms with Crippen molar-refractivity contribution in [3.8, 4) is 21.8 Å². The first-order valence-electron chi connectivity index (χ1n) is 10.5. The molecule has 0 radical (unpaired) electrons. The minimum atomic E-state index is -0.241. The lowest BCUT2D eigenvalue weighted by atomic mass is 10.1. The Morgan fingerprint density at radius 3 is 2.32 bits per heavy atom. The van der Waals surface area contributed by atoms with Crippen LogP contribution in [0.3, 0.4) is 0 Å². The molecule has 0 saturated carbocycles. The molecule has 1 amide bonds. The van der Waals surface area contributed by atoms with Gasteiger partial charge in [0.15, 0.2) is 5.13 Å². The Morgan fingerprint density at radius 2 is 1.59 bits per heavy atom. The van der Waals surface area contributed by atoms with Crippen molar-refractivity contribution in [2.24, 2.45) is 0 Å². The van der Waals surface area contributed by atoms with E-state index in [1.165, 1.54) is 22.7 Å². The van der Waals surface area contributed by atoms with Crippen molar-refractivity contribution in [3.63, 3.8) is 0 Å². The lowest BCUT2D eigenvalue weighted by molar-refractivity contribution is -0.115. The van der Waals surface area contributed by atoms with Gasteiger partial charge in [-0.05, 0) is 12.1 Å². The van der Waals surface area contributed by atoms with Crippen molar-refractivity contribution >= 4 is 39.5 Å². The van der Waals surface area contributed by atoms with E-state index in [1.54, 1.807) is 24.5 Å². The number of amides is 1. The summed E-state index contributed by atoms with van der Waals surface area (Å²) in [6.07, 6.45) is 3.56. The zero-order valence-corrected chi connectivity index (χ0v) is 19.5. The lowest BCUT2D eigenvalue weighted by Gasteiger charge is -2.02. The van der Waals surface area contributed by atoms with Crippen LogP contribution in [0.2, 0.25) is 0 Å². The Kier molecular flexibility index (Phi) is 6.33. The number of hydrogen-bond acceptors (Lipinski definition) is 7. The van der Waals surface area contributed by atoms with Crippen molar-refractivity contribution in [3.05, 3.63) is 107 Å². The summed E-state index contributed by atoms with van der Waals surface area (Å²) in [6.45, 7) is 0. The van der Waals surface area contributed by atoms with Crippen molar-refractivity contribution in [1.29, 1.82) is 0 Å². The van der Waals surface area contributed by atoms with E-state index in [-0.39, 0.29) is 18.1 Å². The molecule has 166 valence electrons. The Morgan fingerprint density at radius 1 is 0.853 bits per heavy atom. The number of carbonyl (C=O) groups is 2. The monoisotopic (exact) mass is 482 g/mol. The molecule has 8 heteroatoms. The standard InChI is InChI=1S/C26H18N4O2S2/c31-21(14-20-16-33-25(28-20)19-12-7-13-27-15-19)29-26-30-22(17-8-3-1-4-9-17)24(34-26)23(32)18-10-5-2-6-11-18/h1-13,15-16H,14H2,(H,29,30,31). The van der Waals surface area contributed by atoms with Gasteiger partial charge < -0.3 is 5.32 Å². The van der Waals surface area contributed by atoms with Crippen LogP contribution in [0.4, 0.5) is 5.13 Å². The predicted molar refractivity (Wildman–Crippen MR) is 135 cm³/mol. The third kappa shape index (κ3) is 4.83. The summed E-state index contributed by atoms with van der Waals surface area (Å²) in [5.74, 6) is -0.367. The lowest BCUT2D eigenvalue weighted by Crippen LogP contribution is -2.14. The molecular weight excluding hydrogens is 464 g/mol. The summed E-state index contributed by atoms with van der Waals surface area (Å²) >= 11 is 2.65. The fourth-order valence-electron chi connectivity index (χ4n) is 3.38. The fourth-order valence-corrected chi connectivity index (χ4v) is 5.15. The zero-order chi connectivity index (χ0) is 23.3. The van der Waals surface area contributed by atoms with Gasteiger partial charge in [0, 0.05) is 34.5 Å². The average Bonchev–Trinajstić information content (AvgIpc) is 3.52. The first-order valence-corrected chi connectivity index (χ1v) is 12.2. The molecule has 34 heavy (non-hydrogen) atoms. The van der Waals surface area contributed by atoms with Crippen LogP contribution < -0.4 is 5.32 Å². The van der Waals surface area contributed by atoms with Crippen LogP contribution in [0.15, 0.2) is 90.6 Å².